The Kier molecular flexibility index (Phi) is 5.13. The maximum atomic E-state index is 4.71. The summed E-state index contributed by atoms with van der Waals surface area (Å²) in [7, 11) is 0. The van der Waals surface area contributed by atoms with Gasteiger partial charge in [0.25, 0.3) is 0 Å². The molecule has 0 aliphatic heterocycles. The molecule has 0 spiro atoms. The van der Waals surface area contributed by atoms with Crippen molar-refractivity contribution in [1.82, 2.24) is 4.57 Å². The van der Waals surface area contributed by atoms with Crippen molar-refractivity contribution in [3.05, 3.63) is 81.7 Å². The summed E-state index contributed by atoms with van der Waals surface area (Å²) in [4.78, 5) is 4.71. The SMILES string of the molecule is CCc1cccc(C)c1-n1c(C)cc(C=Nc2ccc(C)c(C)c2)c1C. The van der Waals surface area contributed by atoms with Gasteiger partial charge in [0, 0.05) is 23.2 Å². The third-order valence-corrected chi connectivity index (χ3v) is 5.24. The normalized spacial score (nSPS) is 11.5. The van der Waals surface area contributed by atoms with E-state index in [1.54, 1.807) is 0 Å². The van der Waals surface area contributed by atoms with E-state index < -0.39 is 0 Å². The molecule has 2 heteroatoms. The minimum atomic E-state index is 1.00. The van der Waals surface area contributed by atoms with Crippen LogP contribution >= 0.6 is 0 Å². The van der Waals surface area contributed by atoms with Crippen molar-refractivity contribution in [2.45, 2.75) is 48.0 Å². The van der Waals surface area contributed by atoms with Crippen LogP contribution in [0.3, 0.4) is 0 Å². The molecule has 3 aromatic rings. The molecule has 0 bridgehead atoms. The van der Waals surface area contributed by atoms with Gasteiger partial charge in [-0.05, 0) is 81.5 Å². The number of aliphatic imine (C=N–C) groups is 1. The summed E-state index contributed by atoms with van der Waals surface area (Å²) in [6.07, 6.45) is 3.02. The van der Waals surface area contributed by atoms with Crippen molar-refractivity contribution >= 4 is 11.9 Å². The van der Waals surface area contributed by atoms with Gasteiger partial charge >= 0.3 is 0 Å². The van der Waals surface area contributed by atoms with E-state index in [1.807, 2.05) is 6.21 Å². The lowest BCUT2D eigenvalue weighted by molar-refractivity contribution is 0.926. The van der Waals surface area contributed by atoms with Gasteiger partial charge in [-0.3, -0.25) is 4.99 Å². The van der Waals surface area contributed by atoms with E-state index in [1.165, 1.54) is 44.9 Å². The molecule has 0 saturated heterocycles. The first-order chi connectivity index (χ1) is 12.4. The molecule has 0 aliphatic rings. The first-order valence-corrected chi connectivity index (χ1v) is 9.31. The predicted octanol–water partition coefficient (Wildman–Crippen LogP) is 6.33. The van der Waals surface area contributed by atoms with Crippen LogP contribution in [0.5, 0.6) is 0 Å². The number of aromatic nitrogens is 1. The molecule has 3 rings (SSSR count). The predicted molar refractivity (Wildman–Crippen MR) is 113 cm³/mol. The molecule has 0 amide bonds. The average molecular weight is 345 g/mol. The second-order valence-corrected chi connectivity index (χ2v) is 7.12. The molecular formula is C24H28N2. The van der Waals surface area contributed by atoms with Crippen molar-refractivity contribution in [3.63, 3.8) is 0 Å². The lowest BCUT2D eigenvalue weighted by atomic mass is 10.1. The summed E-state index contributed by atoms with van der Waals surface area (Å²) in [5.41, 5.74) is 11.2. The summed E-state index contributed by atoms with van der Waals surface area (Å²) < 4.78 is 2.37. The van der Waals surface area contributed by atoms with Gasteiger partial charge in [-0.2, -0.15) is 0 Å². The zero-order valence-electron chi connectivity index (χ0n) is 16.7. The number of hydrogen-bond acceptors (Lipinski definition) is 1. The van der Waals surface area contributed by atoms with Crippen LogP contribution in [-0.2, 0) is 6.42 Å². The molecule has 2 aromatic carbocycles. The van der Waals surface area contributed by atoms with E-state index in [-0.39, 0.29) is 0 Å². The van der Waals surface area contributed by atoms with Crippen molar-refractivity contribution in [1.29, 1.82) is 0 Å². The van der Waals surface area contributed by atoms with E-state index in [9.17, 15) is 0 Å². The first-order valence-electron chi connectivity index (χ1n) is 9.31. The molecule has 1 aromatic heterocycles. The summed E-state index contributed by atoms with van der Waals surface area (Å²) in [5.74, 6) is 0. The smallest absolute Gasteiger partial charge is 0.0632 e. The second kappa shape index (κ2) is 7.33. The van der Waals surface area contributed by atoms with Crippen LogP contribution < -0.4 is 0 Å². The Morgan fingerprint density at radius 1 is 0.885 bits per heavy atom. The maximum absolute atomic E-state index is 4.71. The minimum absolute atomic E-state index is 1.00. The summed E-state index contributed by atoms with van der Waals surface area (Å²) in [6.45, 7) is 13.0. The number of para-hydroxylation sites is 1. The van der Waals surface area contributed by atoms with Gasteiger partial charge in [-0.15, -0.1) is 0 Å². The number of benzene rings is 2. The highest BCUT2D eigenvalue weighted by Crippen LogP contribution is 2.26. The third kappa shape index (κ3) is 3.37. The van der Waals surface area contributed by atoms with Crippen LogP contribution in [0, 0.1) is 34.6 Å². The van der Waals surface area contributed by atoms with E-state index in [2.05, 4.69) is 88.6 Å². The lowest BCUT2D eigenvalue weighted by Gasteiger charge is -2.17. The Hall–Kier alpha value is -2.61. The average Bonchev–Trinajstić information content (AvgIpc) is 2.89. The van der Waals surface area contributed by atoms with Gasteiger partial charge in [0.15, 0.2) is 0 Å². The van der Waals surface area contributed by atoms with E-state index in [4.69, 9.17) is 4.99 Å². The molecule has 26 heavy (non-hydrogen) atoms. The Morgan fingerprint density at radius 2 is 1.65 bits per heavy atom. The number of hydrogen-bond donors (Lipinski definition) is 0. The summed E-state index contributed by atoms with van der Waals surface area (Å²) in [6, 6.07) is 15.1. The van der Waals surface area contributed by atoms with Crippen LogP contribution in [0.1, 0.15) is 46.1 Å². The Morgan fingerprint density at radius 3 is 2.35 bits per heavy atom. The van der Waals surface area contributed by atoms with Crippen LogP contribution in [0.4, 0.5) is 5.69 Å². The first kappa shape index (κ1) is 18.2. The summed E-state index contributed by atoms with van der Waals surface area (Å²) >= 11 is 0. The van der Waals surface area contributed by atoms with Gasteiger partial charge in [0.1, 0.15) is 0 Å². The van der Waals surface area contributed by atoms with Crippen LogP contribution in [0.2, 0.25) is 0 Å². The molecule has 1 heterocycles. The Labute approximate surface area is 157 Å². The third-order valence-electron chi connectivity index (χ3n) is 5.24. The molecule has 2 nitrogen and oxygen atoms in total. The summed E-state index contributed by atoms with van der Waals surface area (Å²) in [5, 5.41) is 0. The van der Waals surface area contributed by atoms with Gasteiger partial charge < -0.3 is 4.57 Å². The maximum Gasteiger partial charge on any atom is 0.0632 e. The van der Waals surface area contributed by atoms with Gasteiger partial charge in [0.2, 0.25) is 0 Å². The highest BCUT2D eigenvalue weighted by molar-refractivity contribution is 5.84. The number of aryl methyl sites for hydroxylation is 5. The van der Waals surface area contributed by atoms with E-state index >= 15 is 0 Å². The molecule has 0 atom stereocenters. The van der Waals surface area contributed by atoms with E-state index in [0.717, 1.165) is 12.1 Å². The zero-order valence-corrected chi connectivity index (χ0v) is 16.7. The molecule has 0 fully saturated rings. The monoisotopic (exact) mass is 344 g/mol. The van der Waals surface area contributed by atoms with Gasteiger partial charge in [0.05, 0.1) is 11.4 Å². The Bertz CT molecular complexity index is 974. The van der Waals surface area contributed by atoms with Crippen LogP contribution in [-0.4, -0.2) is 10.8 Å². The fourth-order valence-electron chi connectivity index (χ4n) is 3.54. The molecule has 0 N–H and O–H groups in total. The van der Waals surface area contributed by atoms with Crippen LogP contribution in [0.25, 0.3) is 5.69 Å². The molecule has 0 saturated carbocycles. The quantitative estimate of drug-likeness (QED) is 0.492. The van der Waals surface area contributed by atoms with Gasteiger partial charge in [-0.25, -0.2) is 0 Å². The zero-order chi connectivity index (χ0) is 18.8. The van der Waals surface area contributed by atoms with Crippen molar-refractivity contribution in [3.8, 4) is 5.69 Å². The molecule has 0 unspecified atom stereocenters. The standard InChI is InChI=1S/C24H28N2/c1-7-21-10-8-9-17(3)24(21)26-19(5)14-22(20(26)6)15-25-23-12-11-16(2)18(4)13-23/h8-15H,7H2,1-6H3. The Balaban J connectivity index is 2.04. The van der Waals surface area contributed by atoms with E-state index in [0.29, 0.717) is 0 Å². The fraction of sp³-hybridized carbons (Fsp3) is 0.292. The van der Waals surface area contributed by atoms with Crippen molar-refractivity contribution < 1.29 is 0 Å². The van der Waals surface area contributed by atoms with Crippen LogP contribution in [0.15, 0.2) is 47.5 Å². The lowest BCUT2D eigenvalue weighted by Crippen LogP contribution is -2.05. The highest BCUT2D eigenvalue weighted by Gasteiger charge is 2.14. The largest absolute Gasteiger partial charge is 0.317 e. The molecule has 0 radical (unpaired) electrons. The topological polar surface area (TPSA) is 17.3 Å². The molecular weight excluding hydrogens is 316 g/mol. The number of rotatable bonds is 4. The number of nitrogens with zero attached hydrogens (tertiary/aromatic N) is 2. The van der Waals surface area contributed by atoms with Crippen molar-refractivity contribution in [2.24, 2.45) is 4.99 Å². The molecule has 134 valence electrons. The minimum Gasteiger partial charge on any atom is -0.317 e. The molecule has 0 aliphatic carbocycles. The van der Waals surface area contributed by atoms with Gasteiger partial charge in [-0.1, -0.05) is 31.2 Å². The highest BCUT2D eigenvalue weighted by atomic mass is 15.0. The van der Waals surface area contributed by atoms with Crippen molar-refractivity contribution in [2.75, 3.05) is 0 Å². The fourth-order valence-corrected chi connectivity index (χ4v) is 3.54. The second-order valence-electron chi connectivity index (χ2n) is 7.12.